The molecular formula is C22H28N2O4S. The second-order valence-corrected chi connectivity index (χ2v) is 8.40. The zero-order chi connectivity index (χ0) is 21.4. The predicted octanol–water partition coefficient (Wildman–Crippen LogP) is 3.62. The molecule has 0 aliphatic rings. The highest BCUT2D eigenvalue weighted by Gasteiger charge is 2.21. The van der Waals surface area contributed by atoms with Crippen LogP contribution in [0.25, 0.3) is 6.08 Å². The molecule has 2 rings (SSSR count). The van der Waals surface area contributed by atoms with Crippen molar-refractivity contribution in [3.63, 3.8) is 0 Å². The highest BCUT2D eigenvalue weighted by Crippen LogP contribution is 2.20. The summed E-state index contributed by atoms with van der Waals surface area (Å²) in [5.41, 5.74) is 1.63. The smallest absolute Gasteiger partial charge is 0.244 e. The zero-order valence-electron chi connectivity index (χ0n) is 17.3. The molecule has 6 nitrogen and oxygen atoms in total. The van der Waals surface area contributed by atoms with Crippen molar-refractivity contribution < 1.29 is 17.9 Å². The number of sulfonamides is 1. The monoisotopic (exact) mass is 416 g/mol. The van der Waals surface area contributed by atoms with Crippen LogP contribution in [0.1, 0.15) is 37.9 Å². The van der Waals surface area contributed by atoms with Gasteiger partial charge in [-0.2, -0.15) is 4.31 Å². The normalized spacial score (nSPS) is 12.9. The van der Waals surface area contributed by atoms with E-state index in [0.717, 1.165) is 11.1 Å². The summed E-state index contributed by atoms with van der Waals surface area (Å²) in [7, 11) is -1.91. The molecule has 0 aliphatic heterocycles. The van der Waals surface area contributed by atoms with Gasteiger partial charge in [-0.25, -0.2) is 8.42 Å². The fraction of sp³-hybridized carbons (Fsp3) is 0.318. The van der Waals surface area contributed by atoms with E-state index < -0.39 is 10.0 Å². The third kappa shape index (κ3) is 5.68. The summed E-state index contributed by atoms with van der Waals surface area (Å²) in [4.78, 5) is 12.5. The number of ether oxygens (including phenoxy) is 1. The Morgan fingerprint density at radius 2 is 1.72 bits per heavy atom. The minimum atomic E-state index is -3.49. The fourth-order valence-corrected chi connectivity index (χ4v) is 4.41. The van der Waals surface area contributed by atoms with Crippen LogP contribution in [0, 0.1) is 0 Å². The van der Waals surface area contributed by atoms with Gasteiger partial charge in [0.25, 0.3) is 0 Å². The van der Waals surface area contributed by atoms with E-state index in [1.807, 2.05) is 45.0 Å². The van der Waals surface area contributed by atoms with Crippen LogP contribution < -0.4 is 10.1 Å². The van der Waals surface area contributed by atoms with Gasteiger partial charge in [-0.1, -0.05) is 44.2 Å². The van der Waals surface area contributed by atoms with E-state index in [0.29, 0.717) is 18.8 Å². The number of rotatable bonds is 9. The lowest BCUT2D eigenvalue weighted by atomic mass is 10.1. The Morgan fingerprint density at radius 1 is 1.10 bits per heavy atom. The molecule has 2 aromatic carbocycles. The first-order chi connectivity index (χ1) is 13.8. The maximum absolute atomic E-state index is 12.6. The SMILES string of the molecule is CCN(CC)S(=O)(=O)c1ccc(C(C)NC(=O)/C=C/c2ccccc2OC)cc1. The van der Waals surface area contributed by atoms with Crippen LogP contribution in [-0.2, 0) is 14.8 Å². The van der Waals surface area contributed by atoms with Crippen LogP contribution >= 0.6 is 0 Å². The van der Waals surface area contributed by atoms with Gasteiger partial charge in [0.15, 0.2) is 0 Å². The number of hydrogen-bond donors (Lipinski definition) is 1. The number of carbonyl (C=O) groups is 1. The van der Waals surface area contributed by atoms with Gasteiger partial charge in [0.1, 0.15) is 5.75 Å². The molecule has 1 unspecified atom stereocenters. The predicted molar refractivity (Wildman–Crippen MR) is 115 cm³/mol. The van der Waals surface area contributed by atoms with Gasteiger partial charge in [-0.15, -0.1) is 0 Å². The number of benzene rings is 2. The summed E-state index contributed by atoms with van der Waals surface area (Å²) in [6, 6.07) is 13.8. The third-order valence-corrected chi connectivity index (χ3v) is 6.70. The minimum absolute atomic E-state index is 0.247. The van der Waals surface area contributed by atoms with Gasteiger partial charge in [-0.3, -0.25) is 4.79 Å². The van der Waals surface area contributed by atoms with Crippen LogP contribution in [0.3, 0.4) is 0 Å². The summed E-state index contributed by atoms with van der Waals surface area (Å²) >= 11 is 0. The summed E-state index contributed by atoms with van der Waals surface area (Å²) in [5.74, 6) is 0.442. The van der Waals surface area contributed by atoms with E-state index in [4.69, 9.17) is 4.74 Å². The average Bonchev–Trinajstić information content (AvgIpc) is 2.73. The number of para-hydroxylation sites is 1. The Hall–Kier alpha value is -2.64. The Morgan fingerprint density at radius 3 is 2.31 bits per heavy atom. The highest BCUT2D eigenvalue weighted by atomic mass is 32.2. The topological polar surface area (TPSA) is 75.7 Å². The third-order valence-electron chi connectivity index (χ3n) is 4.64. The second kappa shape index (κ2) is 10.2. The van der Waals surface area contributed by atoms with E-state index in [9.17, 15) is 13.2 Å². The highest BCUT2D eigenvalue weighted by molar-refractivity contribution is 7.89. The first-order valence-corrected chi connectivity index (χ1v) is 11.0. The summed E-state index contributed by atoms with van der Waals surface area (Å²) in [5, 5.41) is 2.88. The lowest BCUT2D eigenvalue weighted by Crippen LogP contribution is -2.30. The Balaban J connectivity index is 2.06. The number of nitrogens with zero attached hydrogens (tertiary/aromatic N) is 1. The van der Waals surface area contributed by atoms with Crippen molar-refractivity contribution in [3.8, 4) is 5.75 Å². The van der Waals surface area contributed by atoms with E-state index in [-0.39, 0.29) is 16.8 Å². The van der Waals surface area contributed by atoms with Gasteiger partial charge >= 0.3 is 0 Å². The molecule has 0 heterocycles. The number of amides is 1. The first kappa shape index (κ1) is 22.6. The Labute approximate surface area is 173 Å². The molecule has 0 spiro atoms. The van der Waals surface area contributed by atoms with E-state index >= 15 is 0 Å². The molecule has 156 valence electrons. The molecule has 0 radical (unpaired) electrons. The Kier molecular flexibility index (Phi) is 7.99. The first-order valence-electron chi connectivity index (χ1n) is 9.55. The van der Waals surface area contributed by atoms with Gasteiger partial charge < -0.3 is 10.1 Å². The number of methoxy groups -OCH3 is 1. The molecule has 2 aromatic rings. The standard InChI is InChI=1S/C22H28N2O4S/c1-5-24(6-2)29(26,27)20-14-11-18(12-15-20)17(3)23-22(25)16-13-19-9-7-8-10-21(19)28-4/h7-17H,5-6H2,1-4H3,(H,23,25)/b16-13+. The van der Waals surface area contributed by atoms with E-state index in [1.165, 1.54) is 10.4 Å². The van der Waals surface area contributed by atoms with Crippen molar-refractivity contribution in [2.75, 3.05) is 20.2 Å². The molecule has 1 N–H and O–H groups in total. The van der Waals surface area contributed by atoms with Crippen LogP contribution in [-0.4, -0.2) is 38.8 Å². The van der Waals surface area contributed by atoms with Crippen LogP contribution in [0.2, 0.25) is 0 Å². The molecule has 7 heteroatoms. The quantitative estimate of drug-likeness (QED) is 0.634. The maximum atomic E-state index is 12.6. The van der Waals surface area contributed by atoms with Crippen LogP contribution in [0.4, 0.5) is 0 Å². The van der Waals surface area contributed by atoms with E-state index in [1.54, 1.807) is 37.5 Å². The lowest BCUT2D eigenvalue weighted by molar-refractivity contribution is -0.117. The van der Waals surface area contributed by atoms with Gasteiger partial charge in [0.05, 0.1) is 18.0 Å². The minimum Gasteiger partial charge on any atom is -0.496 e. The summed E-state index contributed by atoms with van der Waals surface area (Å²) in [6.07, 6.45) is 3.15. The lowest BCUT2D eigenvalue weighted by Gasteiger charge is -2.19. The molecule has 0 aromatic heterocycles. The van der Waals surface area contributed by atoms with Crippen molar-refractivity contribution in [3.05, 3.63) is 65.7 Å². The van der Waals surface area contributed by atoms with Gasteiger partial charge in [0.2, 0.25) is 15.9 Å². The summed E-state index contributed by atoms with van der Waals surface area (Å²) < 4.78 is 31.8. The molecule has 0 saturated heterocycles. The molecule has 0 aliphatic carbocycles. The molecule has 1 atom stereocenters. The van der Waals surface area contributed by atoms with Crippen molar-refractivity contribution in [1.82, 2.24) is 9.62 Å². The average molecular weight is 417 g/mol. The fourth-order valence-electron chi connectivity index (χ4n) is 2.96. The molecule has 1 amide bonds. The number of hydrogen-bond acceptors (Lipinski definition) is 4. The number of carbonyl (C=O) groups excluding carboxylic acids is 1. The molecule has 0 fully saturated rings. The van der Waals surface area contributed by atoms with Gasteiger partial charge in [0, 0.05) is 24.7 Å². The van der Waals surface area contributed by atoms with Crippen LogP contribution in [0.5, 0.6) is 5.75 Å². The van der Waals surface area contributed by atoms with Crippen LogP contribution in [0.15, 0.2) is 59.5 Å². The molecule has 29 heavy (non-hydrogen) atoms. The largest absolute Gasteiger partial charge is 0.496 e. The van der Waals surface area contributed by atoms with Gasteiger partial charge in [-0.05, 0) is 36.8 Å². The zero-order valence-corrected chi connectivity index (χ0v) is 18.1. The second-order valence-electron chi connectivity index (χ2n) is 6.46. The van der Waals surface area contributed by atoms with Crippen molar-refractivity contribution >= 4 is 22.0 Å². The van der Waals surface area contributed by atoms with E-state index in [2.05, 4.69) is 5.32 Å². The molecular weight excluding hydrogens is 388 g/mol. The van der Waals surface area contributed by atoms with Crippen molar-refractivity contribution in [1.29, 1.82) is 0 Å². The number of nitrogens with one attached hydrogen (secondary N) is 1. The Bertz CT molecular complexity index is 949. The maximum Gasteiger partial charge on any atom is 0.244 e. The molecule has 0 saturated carbocycles. The van der Waals surface area contributed by atoms with Crippen molar-refractivity contribution in [2.45, 2.75) is 31.7 Å². The summed E-state index contributed by atoms with van der Waals surface area (Å²) in [6.45, 7) is 6.32. The molecule has 0 bridgehead atoms. The van der Waals surface area contributed by atoms with Crippen molar-refractivity contribution in [2.24, 2.45) is 0 Å².